The number of thioether (sulfide) groups is 1. The molecule has 0 atom stereocenters. The van der Waals surface area contributed by atoms with Crippen molar-refractivity contribution in [2.75, 3.05) is 24.6 Å². The standard InChI is InChI=1S/C12H23NO3S/c1-3-13(4-2)11(14)10-17-9-7-5-6-8-12(15)16/h3-10H2,1-2H3,(H,15,16). The zero-order chi connectivity index (χ0) is 13.1. The molecular formula is C12H23NO3S. The minimum absolute atomic E-state index is 0.200. The van der Waals surface area contributed by atoms with Gasteiger partial charge >= 0.3 is 5.97 Å². The van der Waals surface area contributed by atoms with Crippen LogP contribution in [-0.4, -0.2) is 46.5 Å². The molecule has 0 aliphatic rings. The predicted molar refractivity (Wildman–Crippen MR) is 71.4 cm³/mol. The van der Waals surface area contributed by atoms with Gasteiger partial charge in [0.15, 0.2) is 0 Å². The fraction of sp³-hybridized carbons (Fsp3) is 0.833. The van der Waals surface area contributed by atoms with Gasteiger partial charge in [-0.15, -0.1) is 0 Å². The summed E-state index contributed by atoms with van der Waals surface area (Å²) in [6.07, 6.45) is 2.91. The Labute approximate surface area is 108 Å². The lowest BCUT2D eigenvalue weighted by Gasteiger charge is -2.18. The molecule has 0 rings (SSSR count). The minimum atomic E-state index is -0.727. The summed E-state index contributed by atoms with van der Waals surface area (Å²) in [5, 5.41) is 8.45. The van der Waals surface area contributed by atoms with Crippen molar-refractivity contribution in [3.05, 3.63) is 0 Å². The fourth-order valence-corrected chi connectivity index (χ4v) is 2.39. The highest BCUT2D eigenvalue weighted by molar-refractivity contribution is 7.99. The Morgan fingerprint density at radius 1 is 1.12 bits per heavy atom. The van der Waals surface area contributed by atoms with Gasteiger partial charge in [-0.2, -0.15) is 11.8 Å². The Kier molecular flexibility index (Phi) is 10.0. The van der Waals surface area contributed by atoms with Crippen molar-refractivity contribution in [2.24, 2.45) is 0 Å². The van der Waals surface area contributed by atoms with Crippen LogP contribution in [0.5, 0.6) is 0 Å². The van der Waals surface area contributed by atoms with Crippen LogP contribution >= 0.6 is 11.8 Å². The van der Waals surface area contributed by atoms with Crippen molar-refractivity contribution >= 4 is 23.6 Å². The number of carboxylic acid groups (broad SMARTS) is 1. The molecule has 0 unspecified atom stereocenters. The van der Waals surface area contributed by atoms with Gasteiger partial charge in [0.1, 0.15) is 0 Å². The molecule has 1 amide bonds. The topological polar surface area (TPSA) is 57.6 Å². The van der Waals surface area contributed by atoms with E-state index in [2.05, 4.69) is 0 Å². The Morgan fingerprint density at radius 3 is 2.29 bits per heavy atom. The van der Waals surface area contributed by atoms with Crippen molar-refractivity contribution in [1.29, 1.82) is 0 Å². The number of hydrogen-bond donors (Lipinski definition) is 1. The Bertz CT molecular complexity index is 230. The van der Waals surface area contributed by atoms with Crippen molar-refractivity contribution in [1.82, 2.24) is 4.90 Å². The van der Waals surface area contributed by atoms with E-state index in [-0.39, 0.29) is 12.3 Å². The van der Waals surface area contributed by atoms with Gasteiger partial charge in [0.05, 0.1) is 5.75 Å². The first-order valence-corrected chi connectivity index (χ1v) is 7.34. The molecule has 0 aliphatic heterocycles. The van der Waals surface area contributed by atoms with Gasteiger partial charge in [-0.05, 0) is 32.4 Å². The molecule has 0 spiro atoms. The van der Waals surface area contributed by atoms with E-state index < -0.39 is 5.97 Å². The van der Waals surface area contributed by atoms with Gasteiger partial charge in [0, 0.05) is 19.5 Å². The molecule has 1 N–H and O–H groups in total. The third kappa shape index (κ3) is 9.03. The molecule has 0 saturated heterocycles. The molecule has 0 bridgehead atoms. The molecule has 0 aromatic carbocycles. The van der Waals surface area contributed by atoms with Gasteiger partial charge in [-0.25, -0.2) is 0 Å². The third-order valence-corrected chi connectivity index (χ3v) is 3.55. The number of unbranched alkanes of at least 4 members (excludes halogenated alkanes) is 2. The number of amides is 1. The first kappa shape index (κ1) is 16.3. The Balaban J connectivity index is 3.39. The third-order valence-electron chi connectivity index (χ3n) is 2.52. The molecule has 0 aromatic heterocycles. The molecule has 0 heterocycles. The van der Waals surface area contributed by atoms with E-state index in [0.29, 0.717) is 5.75 Å². The van der Waals surface area contributed by atoms with Crippen LogP contribution in [0.3, 0.4) is 0 Å². The van der Waals surface area contributed by atoms with Crippen LogP contribution in [0.1, 0.15) is 39.5 Å². The molecule has 100 valence electrons. The van der Waals surface area contributed by atoms with E-state index in [0.717, 1.165) is 38.1 Å². The monoisotopic (exact) mass is 261 g/mol. The largest absolute Gasteiger partial charge is 0.481 e. The maximum absolute atomic E-state index is 11.6. The average molecular weight is 261 g/mol. The number of carboxylic acids is 1. The summed E-state index contributed by atoms with van der Waals surface area (Å²) < 4.78 is 0. The highest BCUT2D eigenvalue weighted by Crippen LogP contribution is 2.08. The maximum atomic E-state index is 11.6. The van der Waals surface area contributed by atoms with E-state index in [1.54, 1.807) is 11.8 Å². The quantitative estimate of drug-likeness (QED) is 0.613. The minimum Gasteiger partial charge on any atom is -0.481 e. The summed E-state index contributed by atoms with van der Waals surface area (Å²) in [5.74, 6) is 0.952. The van der Waals surface area contributed by atoms with Gasteiger partial charge < -0.3 is 10.0 Å². The van der Waals surface area contributed by atoms with Crippen LogP contribution in [0.25, 0.3) is 0 Å². The van der Waals surface area contributed by atoms with Crippen LogP contribution < -0.4 is 0 Å². The molecule has 17 heavy (non-hydrogen) atoms. The number of aliphatic carboxylic acids is 1. The van der Waals surface area contributed by atoms with E-state index in [1.807, 2.05) is 18.7 Å². The van der Waals surface area contributed by atoms with E-state index in [1.165, 1.54) is 0 Å². The second-order valence-corrected chi connectivity index (χ2v) is 4.93. The highest BCUT2D eigenvalue weighted by atomic mass is 32.2. The number of hydrogen-bond acceptors (Lipinski definition) is 3. The van der Waals surface area contributed by atoms with E-state index >= 15 is 0 Å². The lowest BCUT2D eigenvalue weighted by molar-refractivity contribution is -0.137. The summed E-state index contributed by atoms with van der Waals surface area (Å²) in [7, 11) is 0. The van der Waals surface area contributed by atoms with Crippen LogP contribution in [0.2, 0.25) is 0 Å². The Hall–Kier alpha value is -0.710. The Morgan fingerprint density at radius 2 is 1.76 bits per heavy atom. The summed E-state index contributed by atoms with van der Waals surface area (Å²) >= 11 is 1.64. The summed E-state index contributed by atoms with van der Waals surface area (Å²) in [5.41, 5.74) is 0. The number of carbonyl (C=O) groups excluding carboxylic acids is 1. The first-order chi connectivity index (χ1) is 8.11. The maximum Gasteiger partial charge on any atom is 0.303 e. The molecule has 4 nitrogen and oxygen atoms in total. The molecule has 0 saturated carbocycles. The van der Waals surface area contributed by atoms with Gasteiger partial charge in [0.2, 0.25) is 5.91 Å². The zero-order valence-corrected chi connectivity index (χ0v) is 11.6. The normalized spacial score (nSPS) is 10.2. The van der Waals surface area contributed by atoms with Crippen molar-refractivity contribution in [3.63, 3.8) is 0 Å². The lowest BCUT2D eigenvalue weighted by atomic mass is 10.2. The molecule has 0 fully saturated rings. The smallest absolute Gasteiger partial charge is 0.303 e. The van der Waals surface area contributed by atoms with Gasteiger partial charge in [0.25, 0.3) is 0 Å². The van der Waals surface area contributed by atoms with Crippen LogP contribution in [0, 0.1) is 0 Å². The van der Waals surface area contributed by atoms with Crippen molar-refractivity contribution in [3.8, 4) is 0 Å². The van der Waals surface area contributed by atoms with Gasteiger partial charge in [-0.1, -0.05) is 6.42 Å². The molecule has 0 aliphatic carbocycles. The van der Waals surface area contributed by atoms with E-state index in [9.17, 15) is 9.59 Å². The second kappa shape index (κ2) is 10.4. The summed E-state index contributed by atoms with van der Waals surface area (Å²) in [4.78, 5) is 23.7. The molecule has 5 heteroatoms. The van der Waals surface area contributed by atoms with Crippen molar-refractivity contribution in [2.45, 2.75) is 39.5 Å². The first-order valence-electron chi connectivity index (χ1n) is 6.19. The SMILES string of the molecule is CCN(CC)C(=O)CSCCCCCC(=O)O. The molecule has 0 radical (unpaired) electrons. The summed E-state index contributed by atoms with van der Waals surface area (Å²) in [6.45, 7) is 5.51. The number of rotatable bonds is 10. The lowest BCUT2D eigenvalue weighted by Crippen LogP contribution is -2.31. The predicted octanol–water partition coefficient (Wildman–Crippen LogP) is 2.23. The van der Waals surface area contributed by atoms with Gasteiger partial charge in [-0.3, -0.25) is 9.59 Å². The van der Waals surface area contributed by atoms with Crippen LogP contribution in [0.15, 0.2) is 0 Å². The van der Waals surface area contributed by atoms with E-state index in [4.69, 9.17) is 5.11 Å². The van der Waals surface area contributed by atoms with Crippen LogP contribution in [-0.2, 0) is 9.59 Å². The average Bonchev–Trinajstić information content (AvgIpc) is 2.29. The highest BCUT2D eigenvalue weighted by Gasteiger charge is 2.08. The number of nitrogens with zero attached hydrogens (tertiary/aromatic N) is 1. The summed E-state index contributed by atoms with van der Waals surface area (Å²) in [6, 6.07) is 0. The number of carbonyl (C=O) groups is 2. The fourth-order valence-electron chi connectivity index (χ4n) is 1.48. The van der Waals surface area contributed by atoms with Crippen LogP contribution in [0.4, 0.5) is 0 Å². The molecule has 0 aromatic rings. The zero-order valence-electron chi connectivity index (χ0n) is 10.8. The second-order valence-electron chi connectivity index (χ2n) is 3.82. The molecular weight excluding hydrogens is 238 g/mol. The van der Waals surface area contributed by atoms with Crippen molar-refractivity contribution < 1.29 is 14.7 Å².